The molecule has 20 heavy (non-hydrogen) atoms. The molecule has 0 bridgehead atoms. The summed E-state index contributed by atoms with van der Waals surface area (Å²) < 4.78 is 27.8. The number of rotatable bonds is 5. The van der Waals surface area contributed by atoms with Gasteiger partial charge in [-0.05, 0) is 13.0 Å². The van der Waals surface area contributed by atoms with Gasteiger partial charge < -0.3 is 5.11 Å². The maximum absolute atomic E-state index is 12.0. The molecule has 0 amide bonds. The van der Waals surface area contributed by atoms with E-state index in [9.17, 15) is 13.2 Å². The lowest BCUT2D eigenvalue weighted by atomic mass is 10.3. The van der Waals surface area contributed by atoms with Crippen LogP contribution < -0.4 is 4.72 Å². The van der Waals surface area contributed by atoms with Crippen molar-refractivity contribution in [3.05, 3.63) is 18.0 Å². The third-order valence-electron chi connectivity index (χ3n) is 2.78. The summed E-state index contributed by atoms with van der Waals surface area (Å²) in [7, 11) is -2.04. The summed E-state index contributed by atoms with van der Waals surface area (Å²) in [6.07, 6.45) is 0.952. The number of aryl methyl sites for hydroxylation is 2. The molecule has 0 spiro atoms. The molecule has 0 aliphatic carbocycles. The maximum atomic E-state index is 12.0. The molecule has 2 N–H and O–H groups in total. The van der Waals surface area contributed by atoms with Gasteiger partial charge >= 0.3 is 5.97 Å². The first-order valence-corrected chi connectivity index (χ1v) is 7.30. The molecule has 8 nitrogen and oxygen atoms in total. The molecule has 0 aromatic carbocycles. The number of aromatic nitrogens is 3. The number of sulfonamides is 1. The van der Waals surface area contributed by atoms with Crippen molar-refractivity contribution in [1.82, 2.24) is 19.5 Å². The summed E-state index contributed by atoms with van der Waals surface area (Å²) in [6.45, 7) is 1.60. The highest BCUT2D eigenvalue weighted by Gasteiger charge is 2.17. The van der Waals surface area contributed by atoms with Crippen LogP contribution in [0.3, 0.4) is 0 Å². The predicted molar refractivity (Wildman–Crippen MR) is 70.7 cm³/mol. The first kappa shape index (κ1) is 14.4. The van der Waals surface area contributed by atoms with Crippen LogP contribution in [0.2, 0.25) is 0 Å². The lowest BCUT2D eigenvalue weighted by Crippen LogP contribution is -2.26. The standard InChI is InChI=1S/C11H14N4O4S/c1-7-9-5-8(6-12-11(9)15(2)14-7)20(18,19)13-4-3-10(16)17/h5-6,13H,3-4H2,1-2H3,(H,16,17). The van der Waals surface area contributed by atoms with Crippen molar-refractivity contribution in [2.75, 3.05) is 6.54 Å². The monoisotopic (exact) mass is 298 g/mol. The van der Waals surface area contributed by atoms with Crippen molar-refractivity contribution in [1.29, 1.82) is 0 Å². The van der Waals surface area contributed by atoms with Crippen molar-refractivity contribution in [2.24, 2.45) is 7.05 Å². The van der Waals surface area contributed by atoms with Crippen molar-refractivity contribution in [3.63, 3.8) is 0 Å². The van der Waals surface area contributed by atoms with Crippen molar-refractivity contribution >= 4 is 27.0 Å². The Kier molecular flexibility index (Phi) is 3.73. The number of carboxylic acids is 1. The van der Waals surface area contributed by atoms with E-state index in [1.807, 2.05) is 0 Å². The molecule has 0 unspecified atom stereocenters. The second-order valence-electron chi connectivity index (χ2n) is 4.29. The molecule has 108 valence electrons. The minimum absolute atomic E-state index is 0.00788. The largest absolute Gasteiger partial charge is 0.481 e. The smallest absolute Gasteiger partial charge is 0.304 e. The Balaban J connectivity index is 2.32. The highest BCUT2D eigenvalue weighted by atomic mass is 32.2. The Bertz CT molecular complexity index is 766. The average Bonchev–Trinajstić information content (AvgIpc) is 2.64. The van der Waals surface area contributed by atoms with Gasteiger partial charge in [0.15, 0.2) is 5.65 Å². The highest BCUT2D eigenvalue weighted by Crippen LogP contribution is 2.19. The first-order valence-electron chi connectivity index (χ1n) is 5.82. The van der Waals surface area contributed by atoms with E-state index in [4.69, 9.17) is 5.11 Å². The predicted octanol–water partition coefficient (Wildman–Crippen LogP) is 0.0297. The second-order valence-corrected chi connectivity index (χ2v) is 6.06. The zero-order valence-corrected chi connectivity index (χ0v) is 11.8. The molecule has 9 heteroatoms. The van der Waals surface area contributed by atoms with Crippen LogP contribution in [0.5, 0.6) is 0 Å². The SMILES string of the molecule is Cc1nn(C)c2ncc(S(=O)(=O)NCCC(=O)O)cc12. The van der Waals surface area contributed by atoms with E-state index < -0.39 is 16.0 Å². The fourth-order valence-electron chi connectivity index (χ4n) is 1.81. The minimum Gasteiger partial charge on any atom is -0.481 e. The van der Waals surface area contributed by atoms with Crippen LogP contribution in [0, 0.1) is 6.92 Å². The maximum Gasteiger partial charge on any atom is 0.304 e. The second kappa shape index (κ2) is 5.17. The molecule has 0 fully saturated rings. The van der Waals surface area contributed by atoms with Gasteiger partial charge in [0.1, 0.15) is 4.90 Å². The number of nitrogens with one attached hydrogen (secondary N) is 1. The van der Waals surface area contributed by atoms with Crippen molar-refractivity contribution in [2.45, 2.75) is 18.2 Å². The van der Waals surface area contributed by atoms with Gasteiger partial charge in [-0.25, -0.2) is 18.1 Å². The third-order valence-corrected chi connectivity index (χ3v) is 4.21. The van der Waals surface area contributed by atoms with E-state index >= 15 is 0 Å². The number of fused-ring (bicyclic) bond motifs is 1. The summed E-state index contributed by atoms with van der Waals surface area (Å²) in [5.74, 6) is -1.07. The van der Waals surface area contributed by atoms with E-state index in [1.54, 1.807) is 18.7 Å². The molecule has 0 radical (unpaired) electrons. The molecule has 0 aliphatic rings. The number of hydrogen-bond acceptors (Lipinski definition) is 5. The Morgan fingerprint density at radius 1 is 1.50 bits per heavy atom. The Morgan fingerprint density at radius 3 is 2.85 bits per heavy atom. The fourth-order valence-corrected chi connectivity index (χ4v) is 2.81. The number of carbonyl (C=O) groups is 1. The Morgan fingerprint density at radius 2 is 2.20 bits per heavy atom. The molecule has 2 aromatic rings. The number of hydrogen-bond donors (Lipinski definition) is 2. The van der Waals surface area contributed by atoms with Gasteiger partial charge in [0.2, 0.25) is 10.0 Å². The zero-order chi connectivity index (χ0) is 14.9. The summed E-state index contributed by atoms with van der Waals surface area (Å²) in [6, 6.07) is 1.48. The number of carboxylic acid groups (broad SMARTS) is 1. The summed E-state index contributed by atoms with van der Waals surface area (Å²) >= 11 is 0. The number of aliphatic carboxylic acids is 1. The van der Waals surface area contributed by atoms with Crippen LogP contribution in [-0.2, 0) is 21.9 Å². The molecule has 0 saturated heterocycles. The summed E-state index contributed by atoms with van der Waals surface area (Å²) in [5.41, 5.74) is 1.27. The van der Waals surface area contributed by atoms with Crippen molar-refractivity contribution < 1.29 is 18.3 Å². The number of nitrogens with zero attached hydrogens (tertiary/aromatic N) is 3. The van der Waals surface area contributed by atoms with Gasteiger partial charge in [-0.1, -0.05) is 0 Å². The van der Waals surface area contributed by atoms with Gasteiger partial charge in [0.05, 0.1) is 12.1 Å². The third kappa shape index (κ3) is 2.78. The molecule has 0 atom stereocenters. The Hall–Kier alpha value is -2.00. The molecule has 2 heterocycles. The number of pyridine rings is 1. The van der Waals surface area contributed by atoms with Crippen LogP contribution >= 0.6 is 0 Å². The van der Waals surface area contributed by atoms with Gasteiger partial charge in [0, 0.05) is 25.2 Å². The van der Waals surface area contributed by atoms with E-state index in [0.29, 0.717) is 16.7 Å². The molecule has 0 aliphatic heterocycles. The van der Waals surface area contributed by atoms with E-state index in [0.717, 1.165) is 0 Å². The van der Waals surface area contributed by atoms with Gasteiger partial charge in [-0.2, -0.15) is 5.10 Å². The van der Waals surface area contributed by atoms with Crippen LogP contribution in [-0.4, -0.2) is 40.8 Å². The molecule has 2 aromatic heterocycles. The fraction of sp³-hybridized carbons (Fsp3) is 0.364. The zero-order valence-electron chi connectivity index (χ0n) is 11.0. The molecular weight excluding hydrogens is 284 g/mol. The summed E-state index contributed by atoms with van der Waals surface area (Å²) in [5, 5.41) is 13.3. The molecule has 0 saturated carbocycles. The van der Waals surface area contributed by atoms with Crippen LogP contribution in [0.4, 0.5) is 0 Å². The van der Waals surface area contributed by atoms with Crippen molar-refractivity contribution in [3.8, 4) is 0 Å². The highest BCUT2D eigenvalue weighted by molar-refractivity contribution is 7.89. The molecule has 2 rings (SSSR count). The van der Waals surface area contributed by atoms with Crippen LogP contribution in [0.1, 0.15) is 12.1 Å². The van der Waals surface area contributed by atoms with E-state index in [-0.39, 0.29) is 17.9 Å². The van der Waals surface area contributed by atoms with E-state index in [1.165, 1.54) is 12.3 Å². The lowest BCUT2D eigenvalue weighted by molar-refractivity contribution is -0.136. The van der Waals surface area contributed by atoms with Gasteiger partial charge in [-0.3, -0.25) is 9.48 Å². The van der Waals surface area contributed by atoms with Crippen LogP contribution in [0.25, 0.3) is 11.0 Å². The first-order chi connectivity index (χ1) is 9.31. The van der Waals surface area contributed by atoms with Gasteiger partial charge in [-0.15, -0.1) is 0 Å². The van der Waals surface area contributed by atoms with Gasteiger partial charge in [0.25, 0.3) is 0 Å². The summed E-state index contributed by atoms with van der Waals surface area (Å²) in [4.78, 5) is 14.5. The van der Waals surface area contributed by atoms with E-state index in [2.05, 4.69) is 14.8 Å². The normalized spacial score (nSPS) is 11.9. The molecular formula is C11H14N4O4S. The van der Waals surface area contributed by atoms with Crippen LogP contribution in [0.15, 0.2) is 17.2 Å². The minimum atomic E-state index is -3.77. The average molecular weight is 298 g/mol. The Labute approximate surface area is 115 Å². The topological polar surface area (TPSA) is 114 Å². The lowest BCUT2D eigenvalue weighted by Gasteiger charge is -2.05. The quantitative estimate of drug-likeness (QED) is 0.805.